The van der Waals surface area contributed by atoms with Crippen LogP contribution in [-0.4, -0.2) is 36.5 Å². The van der Waals surface area contributed by atoms with Gasteiger partial charge in [-0.15, -0.1) is 0 Å². The van der Waals surface area contributed by atoms with Gasteiger partial charge in [0.2, 0.25) is 0 Å². The van der Waals surface area contributed by atoms with Crippen molar-refractivity contribution in [3.63, 3.8) is 0 Å². The van der Waals surface area contributed by atoms with Crippen LogP contribution in [0, 0.1) is 0 Å². The van der Waals surface area contributed by atoms with Crippen LogP contribution >= 0.6 is 11.8 Å². The summed E-state index contributed by atoms with van der Waals surface area (Å²) < 4.78 is 0. The number of hydrogen-bond donors (Lipinski definition) is 1. The summed E-state index contributed by atoms with van der Waals surface area (Å²) in [5.41, 5.74) is 5.00. The maximum absolute atomic E-state index is 10.4. The highest BCUT2D eigenvalue weighted by molar-refractivity contribution is 7.98. The summed E-state index contributed by atoms with van der Waals surface area (Å²) in [5, 5.41) is 0. The fourth-order valence-corrected chi connectivity index (χ4v) is 0.974. The summed E-state index contributed by atoms with van der Waals surface area (Å²) in [7, 11) is 1.71. The molecule has 0 aromatic rings. The summed E-state index contributed by atoms with van der Waals surface area (Å²) in [6.07, 6.45) is 3.06. The maximum atomic E-state index is 10.4. The van der Waals surface area contributed by atoms with Crippen LogP contribution < -0.4 is 5.73 Å². The number of nitrogens with two attached hydrogens (primary N) is 1. The number of carbonyl (C=O) groups excluding carboxylic acids is 1. The molecule has 10 heavy (non-hydrogen) atoms. The van der Waals surface area contributed by atoms with Gasteiger partial charge in [0.25, 0.3) is 0 Å². The molecule has 0 radical (unpaired) electrons. The Morgan fingerprint density at radius 3 is 2.70 bits per heavy atom. The molecule has 0 aliphatic rings. The minimum Gasteiger partial charge on any atom is -0.351 e. The van der Waals surface area contributed by atoms with Crippen molar-refractivity contribution in [1.82, 2.24) is 4.90 Å². The zero-order chi connectivity index (χ0) is 7.98. The zero-order valence-corrected chi connectivity index (χ0v) is 7.28. The van der Waals surface area contributed by atoms with Crippen molar-refractivity contribution in [2.75, 3.05) is 25.6 Å². The lowest BCUT2D eigenvalue weighted by molar-refractivity contribution is 0.218. The van der Waals surface area contributed by atoms with Gasteiger partial charge in [0.15, 0.2) is 0 Å². The molecule has 0 rings (SSSR count). The number of primary amides is 1. The molecule has 0 unspecified atom stereocenters. The van der Waals surface area contributed by atoms with E-state index in [1.54, 1.807) is 18.8 Å². The highest BCUT2D eigenvalue weighted by Crippen LogP contribution is 1.96. The van der Waals surface area contributed by atoms with Gasteiger partial charge in [-0.1, -0.05) is 0 Å². The quantitative estimate of drug-likeness (QED) is 0.620. The Balaban J connectivity index is 3.21. The Labute approximate surface area is 65.9 Å². The Bertz CT molecular complexity index is 108. The lowest BCUT2D eigenvalue weighted by atomic mass is 10.4. The average molecular weight is 162 g/mol. The third-order valence-corrected chi connectivity index (χ3v) is 1.92. The van der Waals surface area contributed by atoms with Gasteiger partial charge in [-0.3, -0.25) is 0 Å². The van der Waals surface area contributed by atoms with E-state index in [0.29, 0.717) is 0 Å². The molecule has 0 atom stereocenters. The number of carbonyl (C=O) groups is 1. The van der Waals surface area contributed by atoms with E-state index >= 15 is 0 Å². The van der Waals surface area contributed by atoms with E-state index < -0.39 is 0 Å². The van der Waals surface area contributed by atoms with Crippen LogP contribution in [0.25, 0.3) is 0 Å². The van der Waals surface area contributed by atoms with Crippen LogP contribution in [0.15, 0.2) is 0 Å². The lowest BCUT2D eigenvalue weighted by Gasteiger charge is -2.12. The molecule has 0 bridgehead atoms. The van der Waals surface area contributed by atoms with Crippen molar-refractivity contribution in [2.45, 2.75) is 6.42 Å². The average Bonchev–Trinajstić information content (AvgIpc) is 1.88. The van der Waals surface area contributed by atoms with Crippen molar-refractivity contribution in [3.8, 4) is 0 Å². The number of rotatable bonds is 4. The minimum atomic E-state index is -0.346. The van der Waals surface area contributed by atoms with E-state index in [1.807, 2.05) is 6.26 Å². The van der Waals surface area contributed by atoms with E-state index in [0.717, 1.165) is 18.7 Å². The summed E-state index contributed by atoms with van der Waals surface area (Å²) in [6.45, 7) is 0.760. The third kappa shape index (κ3) is 4.49. The number of amides is 2. The Hall–Kier alpha value is -0.380. The van der Waals surface area contributed by atoms with E-state index in [2.05, 4.69) is 0 Å². The van der Waals surface area contributed by atoms with Crippen molar-refractivity contribution in [1.29, 1.82) is 0 Å². The van der Waals surface area contributed by atoms with E-state index in [4.69, 9.17) is 5.73 Å². The molecular formula is C6H14N2OS. The predicted octanol–water partition coefficient (Wildman–Crippen LogP) is 0.750. The molecule has 0 aliphatic carbocycles. The second-order valence-corrected chi connectivity index (χ2v) is 3.09. The summed E-state index contributed by atoms with van der Waals surface area (Å²) >= 11 is 1.78. The van der Waals surface area contributed by atoms with E-state index in [9.17, 15) is 4.79 Å². The van der Waals surface area contributed by atoms with Crippen molar-refractivity contribution in [2.24, 2.45) is 5.73 Å². The van der Waals surface area contributed by atoms with Crippen LogP contribution in [-0.2, 0) is 0 Å². The molecule has 0 aromatic carbocycles. The van der Waals surface area contributed by atoms with Gasteiger partial charge in [-0.2, -0.15) is 11.8 Å². The monoisotopic (exact) mass is 162 g/mol. The first kappa shape index (κ1) is 9.62. The van der Waals surface area contributed by atoms with Crippen LogP contribution in [0.1, 0.15) is 6.42 Å². The Morgan fingerprint density at radius 2 is 2.30 bits per heavy atom. The third-order valence-electron chi connectivity index (χ3n) is 1.22. The minimum absolute atomic E-state index is 0.346. The predicted molar refractivity (Wildman–Crippen MR) is 45.2 cm³/mol. The van der Waals surface area contributed by atoms with Gasteiger partial charge < -0.3 is 10.6 Å². The standard InChI is InChI=1S/C6H14N2OS/c1-8(6(7)9)4-3-5-10-2/h3-5H2,1-2H3,(H2,7,9). The molecular weight excluding hydrogens is 148 g/mol. The second-order valence-electron chi connectivity index (χ2n) is 2.11. The Kier molecular flexibility index (Phi) is 5.20. The molecule has 0 spiro atoms. The summed E-state index contributed by atoms with van der Waals surface area (Å²) in [5.74, 6) is 1.08. The van der Waals surface area contributed by atoms with Gasteiger partial charge in [-0.05, 0) is 18.4 Å². The normalized spacial score (nSPS) is 9.40. The maximum Gasteiger partial charge on any atom is 0.314 e. The van der Waals surface area contributed by atoms with E-state index in [1.165, 1.54) is 4.90 Å². The highest BCUT2D eigenvalue weighted by atomic mass is 32.2. The first-order valence-electron chi connectivity index (χ1n) is 3.18. The van der Waals surface area contributed by atoms with Gasteiger partial charge in [0, 0.05) is 13.6 Å². The fraction of sp³-hybridized carbons (Fsp3) is 0.833. The molecule has 2 N–H and O–H groups in total. The molecule has 0 aliphatic heterocycles. The number of urea groups is 1. The van der Waals surface area contributed by atoms with Gasteiger partial charge in [0.05, 0.1) is 0 Å². The molecule has 3 nitrogen and oxygen atoms in total. The van der Waals surface area contributed by atoms with Crippen molar-refractivity contribution in [3.05, 3.63) is 0 Å². The molecule has 0 heterocycles. The summed E-state index contributed by atoms with van der Waals surface area (Å²) in [4.78, 5) is 12.0. The first-order chi connectivity index (χ1) is 4.68. The zero-order valence-electron chi connectivity index (χ0n) is 6.46. The largest absolute Gasteiger partial charge is 0.351 e. The molecule has 60 valence electrons. The fourth-order valence-electron chi connectivity index (χ4n) is 0.556. The smallest absolute Gasteiger partial charge is 0.314 e. The Morgan fingerprint density at radius 1 is 1.70 bits per heavy atom. The van der Waals surface area contributed by atoms with Gasteiger partial charge in [0.1, 0.15) is 0 Å². The molecule has 0 aromatic heterocycles. The molecule has 0 fully saturated rings. The van der Waals surface area contributed by atoms with Crippen molar-refractivity contribution >= 4 is 17.8 Å². The summed E-state index contributed by atoms with van der Waals surface area (Å²) in [6, 6.07) is -0.346. The highest BCUT2D eigenvalue weighted by Gasteiger charge is 1.99. The molecule has 4 heteroatoms. The van der Waals surface area contributed by atoms with Crippen LogP contribution in [0.4, 0.5) is 4.79 Å². The number of hydrogen-bond acceptors (Lipinski definition) is 2. The molecule has 0 saturated heterocycles. The van der Waals surface area contributed by atoms with Gasteiger partial charge in [-0.25, -0.2) is 4.79 Å². The van der Waals surface area contributed by atoms with Gasteiger partial charge >= 0.3 is 6.03 Å². The van der Waals surface area contributed by atoms with Crippen LogP contribution in [0.3, 0.4) is 0 Å². The number of thioether (sulfide) groups is 1. The van der Waals surface area contributed by atoms with Crippen molar-refractivity contribution < 1.29 is 4.79 Å². The van der Waals surface area contributed by atoms with E-state index in [-0.39, 0.29) is 6.03 Å². The lowest BCUT2D eigenvalue weighted by Crippen LogP contribution is -2.32. The molecule has 0 saturated carbocycles. The first-order valence-corrected chi connectivity index (χ1v) is 4.57. The van der Waals surface area contributed by atoms with Crippen LogP contribution in [0.5, 0.6) is 0 Å². The van der Waals surface area contributed by atoms with Crippen LogP contribution in [0.2, 0.25) is 0 Å². The molecule has 2 amide bonds. The SMILES string of the molecule is CSCCCN(C)C(N)=O. The topological polar surface area (TPSA) is 46.3 Å². The second kappa shape index (κ2) is 5.41. The number of nitrogens with zero attached hydrogens (tertiary/aromatic N) is 1.